The number of ether oxygens (including phenoxy) is 2. The van der Waals surface area contributed by atoms with Gasteiger partial charge >= 0.3 is 6.36 Å². The second-order valence-corrected chi connectivity index (χ2v) is 7.65. The molecule has 0 radical (unpaired) electrons. The number of nitrogens with one attached hydrogen (secondary N) is 1. The number of carbonyl (C=O) groups excluding carboxylic acids is 1. The minimum atomic E-state index is -4.78. The van der Waals surface area contributed by atoms with Crippen molar-refractivity contribution in [3.8, 4) is 22.8 Å². The van der Waals surface area contributed by atoms with Crippen LogP contribution in [0.25, 0.3) is 21.5 Å². The molecule has 0 aliphatic carbocycles. The Morgan fingerprint density at radius 3 is 2.28 bits per heavy atom. The quantitative estimate of drug-likeness (QED) is 0.400. The van der Waals surface area contributed by atoms with Crippen molar-refractivity contribution in [2.45, 2.75) is 6.36 Å². The molecule has 6 nitrogen and oxygen atoms in total. The molecule has 0 aliphatic rings. The molecule has 0 fully saturated rings. The maximum atomic E-state index is 12.7. The van der Waals surface area contributed by atoms with Gasteiger partial charge in [0.1, 0.15) is 21.2 Å². The average molecular weight is 459 g/mol. The molecule has 0 unspecified atom stereocenters. The molecule has 0 aliphatic heterocycles. The fraction of sp³-hybridized carbons (Fsp3) is 0.0909. The summed E-state index contributed by atoms with van der Waals surface area (Å²) in [6, 6.07) is 15.9. The number of nitrogen functional groups attached to an aromatic ring is 1. The number of thiophene rings is 1. The summed E-state index contributed by atoms with van der Waals surface area (Å²) in [7, 11) is 1.59. The van der Waals surface area contributed by atoms with Gasteiger partial charge in [0.2, 0.25) is 0 Å². The Kier molecular flexibility index (Phi) is 5.62. The molecule has 0 spiro atoms. The lowest BCUT2D eigenvalue weighted by Crippen LogP contribution is -2.17. The molecule has 10 heteroatoms. The van der Waals surface area contributed by atoms with Gasteiger partial charge in [0.15, 0.2) is 0 Å². The summed E-state index contributed by atoms with van der Waals surface area (Å²) in [5, 5.41) is 3.27. The molecular weight excluding hydrogens is 443 g/mol. The van der Waals surface area contributed by atoms with Crippen molar-refractivity contribution >= 4 is 38.8 Å². The first kappa shape index (κ1) is 21.4. The van der Waals surface area contributed by atoms with Crippen LogP contribution in [-0.2, 0) is 0 Å². The van der Waals surface area contributed by atoms with E-state index in [9.17, 15) is 18.0 Å². The number of alkyl halides is 3. The summed E-state index contributed by atoms with van der Waals surface area (Å²) >= 11 is 1.13. The fourth-order valence-corrected chi connectivity index (χ4v) is 4.01. The van der Waals surface area contributed by atoms with Gasteiger partial charge in [-0.25, -0.2) is 4.98 Å². The Bertz CT molecular complexity index is 1270. The van der Waals surface area contributed by atoms with Crippen LogP contribution in [0.5, 0.6) is 11.5 Å². The maximum absolute atomic E-state index is 12.7. The molecular formula is C22H16F3N3O3S. The van der Waals surface area contributed by atoms with Gasteiger partial charge in [0, 0.05) is 16.6 Å². The molecule has 164 valence electrons. The SMILES string of the molecule is COc1ccc(-c2ccc3c(N)c(C(=O)Nc4ccc(OC(F)(F)F)cc4)sc3n2)cc1. The third-order valence-corrected chi connectivity index (χ3v) is 5.65. The van der Waals surface area contributed by atoms with Crippen molar-refractivity contribution < 1.29 is 27.4 Å². The van der Waals surface area contributed by atoms with Crippen molar-refractivity contribution in [3.63, 3.8) is 0 Å². The lowest BCUT2D eigenvalue weighted by molar-refractivity contribution is -0.274. The summed E-state index contributed by atoms with van der Waals surface area (Å²) in [6.07, 6.45) is -4.78. The van der Waals surface area contributed by atoms with E-state index in [1.165, 1.54) is 12.1 Å². The Morgan fingerprint density at radius 2 is 1.66 bits per heavy atom. The molecule has 0 saturated heterocycles. The van der Waals surface area contributed by atoms with E-state index in [4.69, 9.17) is 10.5 Å². The Morgan fingerprint density at radius 1 is 1.00 bits per heavy atom. The van der Waals surface area contributed by atoms with Gasteiger partial charge in [-0.15, -0.1) is 24.5 Å². The number of anilines is 2. The third-order valence-electron chi connectivity index (χ3n) is 4.53. The van der Waals surface area contributed by atoms with Gasteiger partial charge in [0.05, 0.1) is 18.5 Å². The number of nitrogens with zero attached hydrogens (tertiary/aromatic N) is 1. The number of hydrogen-bond donors (Lipinski definition) is 2. The lowest BCUT2D eigenvalue weighted by atomic mass is 10.1. The molecule has 2 aromatic carbocycles. The van der Waals surface area contributed by atoms with Crippen LogP contribution in [0.4, 0.5) is 24.5 Å². The molecule has 2 heterocycles. The number of aromatic nitrogens is 1. The predicted molar refractivity (Wildman–Crippen MR) is 117 cm³/mol. The van der Waals surface area contributed by atoms with Crippen molar-refractivity contribution in [1.29, 1.82) is 0 Å². The summed E-state index contributed by atoms with van der Waals surface area (Å²) in [5.74, 6) is -0.139. The van der Waals surface area contributed by atoms with E-state index in [1.54, 1.807) is 13.2 Å². The standard InChI is InChI=1S/C22H16F3N3O3S/c1-30-14-6-2-12(3-7-14)17-11-10-16-18(26)19(32-21(16)28-17)20(29)27-13-4-8-15(9-5-13)31-22(23,24)25/h2-11H,26H2,1H3,(H,27,29). The summed E-state index contributed by atoms with van der Waals surface area (Å²) in [5.41, 5.74) is 8.34. The molecule has 0 bridgehead atoms. The van der Waals surface area contributed by atoms with Crippen LogP contribution in [0.2, 0.25) is 0 Å². The fourth-order valence-electron chi connectivity index (χ4n) is 3.02. The van der Waals surface area contributed by atoms with E-state index >= 15 is 0 Å². The predicted octanol–water partition coefficient (Wildman–Crippen LogP) is 5.71. The van der Waals surface area contributed by atoms with Crippen molar-refractivity contribution in [2.75, 3.05) is 18.2 Å². The molecule has 4 rings (SSSR count). The van der Waals surface area contributed by atoms with Crippen LogP contribution in [0.3, 0.4) is 0 Å². The number of fused-ring (bicyclic) bond motifs is 1. The molecule has 3 N–H and O–H groups in total. The number of amides is 1. The monoisotopic (exact) mass is 459 g/mol. The van der Waals surface area contributed by atoms with Gasteiger partial charge in [-0.1, -0.05) is 0 Å². The largest absolute Gasteiger partial charge is 0.573 e. The van der Waals surface area contributed by atoms with E-state index in [0.29, 0.717) is 21.6 Å². The third kappa shape index (κ3) is 4.59. The van der Waals surface area contributed by atoms with E-state index in [0.717, 1.165) is 34.8 Å². The number of nitrogens with two attached hydrogens (primary N) is 1. The van der Waals surface area contributed by atoms with E-state index in [1.807, 2.05) is 30.3 Å². The highest BCUT2D eigenvalue weighted by Gasteiger charge is 2.31. The van der Waals surface area contributed by atoms with Crippen LogP contribution in [0, 0.1) is 0 Å². The number of pyridine rings is 1. The summed E-state index contributed by atoms with van der Waals surface area (Å²) in [4.78, 5) is 18.2. The summed E-state index contributed by atoms with van der Waals surface area (Å²) < 4.78 is 45.8. The zero-order valence-electron chi connectivity index (χ0n) is 16.6. The first-order valence-corrected chi connectivity index (χ1v) is 10.1. The lowest BCUT2D eigenvalue weighted by Gasteiger charge is -2.09. The second kappa shape index (κ2) is 8.39. The van der Waals surface area contributed by atoms with Crippen molar-refractivity contribution in [2.24, 2.45) is 0 Å². The zero-order chi connectivity index (χ0) is 22.9. The highest BCUT2D eigenvalue weighted by Crippen LogP contribution is 2.35. The minimum absolute atomic E-state index is 0.259. The van der Waals surface area contributed by atoms with E-state index in [-0.39, 0.29) is 16.3 Å². The maximum Gasteiger partial charge on any atom is 0.573 e. The van der Waals surface area contributed by atoms with Crippen molar-refractivity contribution in [3.05, 3.63) is 65.5 Å². The van der Waals surface area contributed by atoms with E-state index < -0.39 is 12.3 Å². The normalized spacial score (nSPS) is 11.4. The van der Waals surface area contributed by atoms with Gasteiger partial charge in [-0.3, -0.25) is 4.79 Å². The number of halogens is 3. The first-order chi connectivity index (χ1) is 15.2. The van der Waals surface area contributed by atoms with Crippen LogP contribution >= 0.6 is 11.3 Å². The Balaban J connectivity index is 1.55. The molecule has 0 atom stereocenters. The first-order valence-electron chi connectivity index (χ1n) is 9.24. The molecule has 1 amide bonds. The highest BCUT2D eigenvalue weighted by molar-refractivity contribution is 7.21. The molecule has 4 aromatic rings. The Labute approximate surface area is 184 Å². The van der Waals surface area contributed by atoms with Crippen LogP contribution in [0.1, 0.15) is 9.67 Å². The molecule has 2 aromatic heterocycles. The number of carbonyl (C=O) groups is 1. The van der Waals surface area contributed by atoms with E-state index in [2.05, 4.69) is 15.0 Å². The smallest absolute Gasteiger partial charge is 0.497 e. The number of rotatable bonds is 5. The minimum Gasteiger partial charge on any atom is -0.497 e. The van der Waals surface area contributed by atoms with Crippen LogP contribution in [-0.4, -0.2) is 24.4 Å². The topological polar surface area (TPSA) is 86.5 Å². The van der Waals surface area contributed by atoms with Gasteiger partial charge in [-0.2, -0.15) is 0 Å². The van der Waals surface area contributed by atoms with Gasteiger partial charge in [0.25, 0.3) is 5.91 Å². The average Bonchev–Trinajstić information content (AvgIpc) is 3.10. The van der Waals surface area contributed by atoms with Gasteiger partial charge < -0.3 is 20.5 Å². The molecule has 0 saturated carbocycles. The van der Waals surface area contributed by atoms with Crippen LogP contribution < -0.4 is 20.5 Å². The number of methoxy groups -OCH3 is 1. The number of hydrogen-bond acceptors (Lipinski definition) is 6. The van der Waals surface area contributed by atoms with Crippen LogP contribution in [0.15, 0.2) is 60.7 Å². The zero-order valence-corrected chi connectivity index (χ0v) is 17.4. The molecule has 32 heavy (non-hydrogen) atoms. The number of benzene rings is 2. The van der Waals surface area contributed by atoms with Gasteiger partial charge in [-0.05, 0) is 60.7 Å². The van der Waals surface area contributed by atoms with Crippen molar-refractivity contribution in [1.82, 2.24) is 4.98 Å². The second-order valence-electron chi connectivity index (χ2n) is 6.65. The highest BCUT2D eigenvalue weighted by atomic mass is 32.1. The summed E-state index contributed by atoms with van der Waals surface area (Å²) in [6.45, 7) is 0. The Hall–Kier alpha value is -3.79.